The SMILES string of the molecule is CCOc1ccc(Cl)cc1NS(=O)(=O)c1ccc(N)cc1. The Bertz CT molecular complexity index is 730. The molecule has 0 aromatic heterocycles. The smallest absolute Gasteiger partial charge is 0.262 e. The van der Waals surface area contributed by atoms with Crippen molar-refractivity contribution >= 4 is 33.0 Å². The zero-order valence-corrected chi connectivity index (χ0v) is 12.9. The number of nitrogens with one attached hydrogen (secondary N) is 1. The van der Waals surface area contributed by atoms with Gasteiger partial charge in [0.1, 0.15) is 5.75 Å². The highest BCUT2D eigenvalue weighted by Gasteiger charge is 2.16. The Kier molecular flexibility index (Phi) is 4.59. The minimum atomic E-state index is -3.73. The van der Waals surface area contributed by atoms with Crippen LogP contribution in [0.4, 0.5) is 11.4 Å². The Morgan fingerprint density at radius 3 is 2.48 bits per heavy atom. The van der Waals surface area contributed by atoms with E-state index in [9.17, 15) is 8.42 Å². The molecule has 21 heavy (non-hydrogen) atoms. The standard InChI is InChI=1S/C14H15ClN2O3S/c1-2-20-14-8-3-10(15)9-13(14)17-21(18,19)12-6-4-11(16)5-7-12/h3-9,17H,2,16H2,1H3. The van der Waals surface area contributed by atoms with Crippen molar-refractivity contribution in [2.75, 3.05) is 17.1 Å². The largest absolute Gasteiger partial charge is 0.492 e. The second kappa shape index (κ2) is 6.24. The molecule has 0 saturated heterocycles. The van der Waals surface area contributed by atoms with E-state index in [1.165, 1.54) is 30.3 Å². The van der Waals surface area contributed by atoms with Gasteiger partial charge in [0.05, 0.1) is 17.2 Å². The number of nitrogens with two attached hydrogens (primary N) is 1. The summed E-state index contributed by atoms with van der Waals surface area (Å²) < 4.78 is 32.5. The molecular formula is C14H15ClN2O3S. The topological polar surface area (TPSA) is 81.4 Å². The number of hydrogen-bond donors (Lipinski definition) is 2. The number of rotatable bonds is 5. The molecule has 0 radical (unpaired) electrons. The molecule has 0 aliphatic heterocycles. The third-order valence-electron chi connectivity index (χ3n) is 2.68. The second-order valence-corrected chi connectivity index (χ2v) is 6.37. The molecule has 3 N–H and O–H groups in total. The summed E-state index contributed by atoms with van der Waals surface area (Å²) in [6.07, 6.45) is 0. The van der Waals surface area contributed by atoms with Gasteiger partial charge >= 0.3 is 0 Å². The first-order valence-electron chi connectivity index (χ1n) is 6.23. The van der Waals surface area contributed by atoms with Crippen LogP contribution in [0.2, 0.25) is 5.02 Å². The van der Waals surface area contributed by atoms with E-state index in [1.54, 1.807) is 12.1 Å². The van der Waals surface area contributed by atoms with Crippen molar-refractivity contribution in [2.45, 2.75) is 11.8 Å². The molecule has 0 unspecified atom stereocenters. The normalized spacial score (nSPS) is 11.1. The number of benzene rings is 2. The van der Waals surface area contributed by atoms with Crippen LogP contribution in [-0.2, 0) is 10.0 Å². The van der Waals surface area contributed by atoms with Crippen molar-refractivity contribution in [1.82, 2.24) is 0 Å². The molecule has 0 aliphatic carbocycles. The van der Waals surface area contributed by atoms with Crippen LogP contribution in [0.1, 0.15) is 6.92 Å². The lowest BCUT2D eigenvalue weighted by Gasteiger charge is -2.13. The maximum Gasteiger partial charge on any atom is 0.262 e. The van der Waals surface area contributed by atoms with Gasteiger partial charge in [-0.25, -0.2) is 8.42 Å². The van der Waals surface area contributed by atoms with Crippen LogP contribution < -0.4 is 15.2 Å². The summed E-state index contributed by atoms with van der Waals surface area (Å²) >= 11 is 5.91. The molecule has 2 rings (SSSR count). The first kappa shape index (κ1) is 15.5. The molecule has 0 aliphatic rings. The van der Waals surface area contributed by atoms with E-state index in [2.05, 4.69) is 4.72 Å². The molecule has 0 heterocycles. The summed E-state index contributed by atoms with van der Waals surface area (Å²) in [7, 11) is -3.73. The van der Waals surface area contributed by atoms with Gasteiger partial charge in [-0.3, -0.25) is 4.72 Å². The third-order valence-corrected chi connectivity index (χ3v) is 4.29. The van der Waals surface area contributed by atoms with Gasteiger partial charge < -0.3 is 10.5 Å². The van der Waals surface area contributed by atoms with E-state index in [1.807, 2.05) is 6.92 Å². The Labute approximate surface area is 128 Å². The molecule has 112 valence electrons. The molecule has 0 spiro atoms. The predicted octanol–water partition coefficient (Wildman–Crippen LogP) is 3.12. The summed E-state index contributed by atoms with van der Waals surface area (Å²) in [6.45, 7) is 2.23. The molecule has 2 aromatic carbocycles. The number of hydrogen-bond acceptors (Lipinski definition) is 4. The average Bonchev–Trinajstić information content (AvgIpc) is 2.42. The van der Waals surface area contributed by atoms with Gasteiger partial charge in [0.25, 0.3) is 10.0 Å². The molecule has 0 atom stereocenters. The predicted molar refractivity (Wildman–Crippen MR) is 84.3 cm³/mol. The number of anilines is 2. The van der Waals surface area contributed by atoms with Crippen LogP contribution >= 0.6 is 11.6 Å². The van der Waals surface area contributed by atoms with Crippen LogP contribution in [0.15, 0.2) is 47.4 Å². The first-order chi connectivity index (χ1) is 9.92. The fraction of sp³-hybridized carbons (Fsp3) is 0.143. The van der Waals surface area contributed by atoms with E-state index in [-0.39, 0.29) is 4.90 Å². The van der Waals surface area contributed by atoms with Gasteiger partial charge in [-0.15, -0.1) is 0 Å². The van der Waals surface area contributed by atoms with Crippen LogP contribution in [-0.4, -0.2) is 15.0 Å². The number of ether oxygens (including phenoxy) is 1. The van der Waals surface area contributed by atoms with E-state index in [0.717, 1.165) is 0 Å². The van der Waals surface area contributed by atoms with Crippen molar-refractivity contribution in [3.63, 3.8) is 0 Å². The number of halogens is 1. The maximum atomic E-state index is 12.3. The van der Waals surface area contributed by atoms with Crippen molar-refractivity contribution < 1.29 is 13.2 Å². The van der Waals surface area contributed by atoms with Crippen molar-refractivity contribution in [3.8, 4) is 5.75 Å². The third kappa shape index (κ3) is 3.80. The Morgan fingerprint density at radius 2 is 1.86 bits per heavy atom. The Hall–Kier alpha value is -1.92. The van der Waals surface area contributed by atoms with Gasteiger partial charge in [-0.1, -0.05) is 11.6 Å². The monoisotopic (exact) mass is 326 g/mol. The van der Waals surface area contributed by atoms with E-state index >= 15 is 0 Å². The van der Waals surface area contributed by atoms with Crippen molar-refractivity contribution in [1.29, 1.82) is 0 Å². The summed E-state index contributed by atoms with van der Waals surface area (Å²) in [6, 6.07) is 10.7. The van der Waals surface area contributed by atoms with Gasteiger partial charge in [0, 0.05) is 10.7 Å². The fourth-order valence-corrected chi connectivity index (χ4v) is 2.95. The van der Waals surface area contributed by atoms with Gasteiger partial charge in [0.2, 0.25) is 0 Å². The lowest BCUT2D eigenvalue weighted by Crippen LogP contribution is -2.14. The quantitative estimate of drug-likeness (QED) is 0.827. The van der Waals surface area contributed by atoms with E-state index in [4.69, 9.17) is 22.1 Å². The summed E-state index contributed by atoms with van der Waals surface area (Å²) in [5, 5.41) is 0.411. The highest BCUT2D eigenvalue weighted by Crippen LogP contribution is 2.30. The average molecular weight is 327 g/mol. The molecule has 0 amide bonds. The fourth-order valence-electron chi connectivity index (χ4n) is 1.71. The molecule has 0 saturated carbocycles. The van der Waals surface area contributed by atoms with Gasteiger partial charge in [-0.2, -0.15) is 0 Å². The van der Waals surface area contributed by atoms with Gasteiger partial charge in [0.15, 0.2) is 0 Å². The summed E-state index contributed by atoms with van der Waals surface area (Å²) in [5.74, 6) is 0.418. The minimum Gasteiger partial charge on any atom is -0.492 e. The Morgan fingerprint density at radius 1 is 1.19 bits per heavy atom. The molecule has 0 fully saturated rings. The lowest BCUT2D eigenvalue weighted by atomic mass is 10.3. The molecule has 2 aromatic rings. The highest BCUT2D eigenvalue weighted by atomic mass is 35.5. The summed E-state index contributed by atoms with van der Waals surface area (Å²) in [4.78, 5) is 0.110. The van der Waals surface area contributed by atoms with Crippen molar-refractivity contribution in [3.05, 3.63) is 47.5 Å². The van der Waals surface area contributed by atoms with Gasteiger partial charge in [-0.05, 0) is 49.4 Å². The second-order valence-electron chi connectivity index (χ2n) is 4.25. The molecule has 0 bridgehead atoms. The van der Waals surface area contributed by atoms with Crippen molar-refractivity contribution in [2.24, 2.45) is 0 Å². The minimum absolute atomic E-state index is 0.110. The zero-order chi connectivity index (χ0) is 15.5. The summed E-state index contributed by atoms with van der Waals surface area (Å²) in [5.41, 5.74) is 6.34. The zero-order valence-electron chi connectivity index (χ0n) is 11.3. The van der Waals surface area contributed by atoms with Crippen LogP contribution in [0.3, 0.4) is 0 Å². The van der Waals surface area contributed by atoms with E-state index in [0.29, 0.717) is 28.8 Å². The molecule has 5 nitrogen and oxygen atoms in total. The van der Waals surface area contributed by atoms with Crippen LogP contribution in [0, 0.1) is 0 Å². The van der Waals surface area contributed by atoms with Crippen LogP contribution in [0.25, 0.3) is 0 Å². The molecule has 7 heteroatoms. The molecular weight excluding hydrogens is 312 g/mol. The van der Waals surface area contributed by atoms with Crippen LogP contribution in [0.5, 0.6) is 5.75 Å². The van der Waals surface area contributed by atoms with E-state index < -0.39 is 10.0 Å². The maximum absolute atomic E-state index is 12.3. The number of sulfonamides is 1. The lowest BCUT2D eigenvalue weighted by molar-refractivity contribution is 0.342. The Balaban J connectivity index is 2.36. The highest BCUT2D eigenvalue weighted by molar-refractivity contribution is 7.92. The first-order valence-corrected chi connectivity index (χ1v) is 8.09. The number of nitrogen functional groups attached to an aromatic ring is 1.